The molecule has 0 atom stereocenters. The highest BCUT2D eigenvalue weighted by molar-refractivity contribution is 9.10. The van der Waals surface area contributed by atoms with Crippen LogP contribution >= 0.6 is 27.5 Å². The lowest BCUT2D eigenvalue weighted by Crippen LogP contribution is -2.10. The highest BCUT2D eigenvalue weighted by Crippen LogP contribution is 2.31. The highest BCUT2D eigenvalue weighted by Gasteiger charge is 2.07. The van der Waals surface area contributed by atoms with Gasteiger partial charge in [0.2, 0.25) is 0 Å². The van der Waals surface area contributed by atoms with Crippen molar-refractivity contribution in [2.24, 2.45) is 5.73 Å². The molecule has 98 valence electrons. The molecule has 0 heterocycles. The van der Waals surface area contributed by atoms with E-state index in [1.54, 1.807) is 12.1 Å². The largest absolute Gasteiger partial charge is 0.456 e. The summed E-state index contributed by atoms with van der Waals surface area (Å²) < 4.78 is 18.9. The van der Waals surface area contributed by atoms with Crippen LogP contribution in [0.2, 0.25) is 5.02 Å². The fourth-order valence-electron chi connectivity index (χ4n) is 1.42. The maximum absolute atomic E-state index is 13.1. The van der Waals surface area contributed by atoms with Crippen molar-refractivity contribution in [3.8, 4) is 11.5 Å². The molecule has 0 saturated heterocycles. The van der Waals surface area contributed by atoms with Crippen LogP contribution in [-0.2, 0) is 0 Å². The third kappa shape index (κ3) is 3.24. The minimum Gasteiger partial charge on any atom is -0.456 e. The molecule has 0 saturated carbocycles. The normalized spacial score (nSPS) is 10.3. The van der Waals surface area contributed by atoms with E-state index in [-0.39, 0.29) is 11.7 Å². The van der Waals surface area contributed by atoms with Gasteiger partial charge >= 0.3 is 0 Å². The summed E-state index contributed by atoms with van der Waals surface area (Å²) in [7, 11) is 0. The first-order valence-corrected chi connectivity index (χ1v) is 6.41. The number of amidine groups is 1. The van der Waals surface area contributed by atoms with Gasteiger partial charge < -0.3 is 10.5 Å². The molecule has 0 spiro atoms. The smallest absolute Gasteiger partial charge is 0.146 e. The van der Waals surface area contributed by atoms with Gasteiger partial charge in [-0.1, -0.05) is 11.6 Å². The van der Waals surface area contributed by atoms with Crippen molar-refractivity contribution < 1.29 is 9.13 Å². The Labute approximate surface area is 122 Å². The monoisotopic (exact) mass is 342 g/mol. The van der Waals surface area contributed by atoms with E-state index >= 15 is 0 Å². The molecule has 0 amide bonds. The van der Waals surface area contributed by atoms with Crippen molar-refractivity contribution in [1.29, 1.82) is 5.41 Å². The lowest BCUT2D eigenvalue weighted by atomic mass is 10.2. The van der Waals surface area contributed by atoms with Gasteiger partial charge in [0.1, 0.15) is 23.2 Å². The van der Waals surface area contributed by atoms with Gasteiger partial charge in [0.05, 0.1) is 9.50 Å². The number of nitrogen functional groups attached to an aromatic ring is 1. The number of hydrogen-bond acceptors (Lipinski definition) is 2. The zero-order valence-electron chi connectivity index (χ0n) is 9.58. The van der Waals surface area contributed by atoms with Gasteiger partial charge in [-0.3, -0.25) is 5.41 Å². The molecular weight excluding hydrogens is 335 g/mol. The molecule has 19 heavy (non-hydrogen) atoms. The van der Waals surface area contributed by atoms with Crippen LogP contribution in [0.5, 0.6) is 11.5 Å². The summed E-state index contributed by atoms with van der Waals surface area (Å²) in [5.41, 5.74) is 5.87. The molecule has 2 rings (SSSR count). The van der Waals surface area contributed by atoms with Crippen molar-refractivity contribution in [2.75, 3.05) is 0 Å². The van der Waals surface area contributed by atoms with Crippen molar-refractivity contribution in [1.82, 2.24) is 0 Å². The predicted molar refractivity (Wildman–Crippen MR) is 76.6 cm³/mol. The van der Waals surface area contributed by atoms with Crippen LogP contribution in [0.25, 0.3) is 0 Å². The van der Waals surface area contributed by atoms with E-state index in [0.29, 0.717) is 26.6 Å². The first-order chi connectivity index (χ1) is 8.97. The lowest BCUT2D eigenvalue weighted by molar-refractivity contribution is 0.480. The number of halogens is 3. The van der Waals surface area contributed by atoms with Gasteiger partial charge in [0.25, 0.3) is 0 Å². The first kappa shape index (κ1) is 13.8. The molecule has 0 aliphatic heterocycles. The second kappa shape index (κ2) is 5.59. The maximum atomic E-state index is 13.1. The second-order valence-electron chi connectivity index (χ2n) is 3.74. The lowest BCUT2D eigenvalue weighted by Gasteiger charge is -2.09. The van der Waals surface area contributed by atoms with Gasteiger partial charge in [-0.05, 0) is 52.3 Å². The summed E-state index contributed by atoms with van der Waals surface area (Å²) in [6.45, 7) is 0. The molecule has 0 aliphatic rings. The summed E-state index contributed by atoms with van der Waals surface area (Å²) >= 11 is 9.11. The average Bonchev–Trinajstić information content (AvgIpc) is 2.36. The number of hydrogen-bond donors (Lipinski definition) is 2. The number of rotatable bonds is 3. The van der Waals surface area contributed by atoms with E-state index in [0.717, 1.165) is 0 Å². The van der Waals surface area contributed by atoms with E-state index < -0.39 is 0 Å². The summed E-state index contributed by atoms with van der Waals surface area (Å²) in [6, 6.07) is 9.06. The summed E-state index contributed by atoms with van der Waals surface area (Å²) in [4.78, 5) is 0. The molecule has 3 N–H and O–H groups in total. The third-order valence-corrected chi connectivity index (χ3v) is 3.26. The molecule has 6 heteroatoms. The Hall–Kier alpha value is -1.59. The Balaban J connectivity index is 2.28. The Morgan fingerprint density at radius 3 is 2.58 bits per heavy atom. The zero-order valence-corrected chi connectivity index (χ0v) is 11.9. The fourth-order valence-corrected chi connectivity index (χ4v) is 2.00. The van der Waals surface area contributed by atoms with E-state index in [1.807, 2.05) is 0 Å². The van der Waals surface area contributed by atoms with Crippen molar-refractivity contribution in [2.45, 2.75) is 0 Å². The van der Waals surface area contributed by atoms with Crippen LogP contribution in [0.4, 0.5) is 4.39 Å². The topological polar surface area (TPSA) is 59.1 Å². The Bertz CT molecular complexity index is 649. The van der Waals surface area contributed by atoms with Crippen LogP contribution in [0, 0.1) is 11.2 Å². The predicted octanol–water partition coefficient (Wildman–Crippen LogP) is 4.32. The minimum atomic E-state index is -0.370. The number of benzene rings is 2. The molecule has 2 aromatic rings. The van der Waals surface area contributed by atoms with Gasteiger partial charge in [0, 0.05) is 5.56 Å². The maximum Gasteiger partial charge on any atom is 0.146 e. The van der Waals surface area contributed by atoms with Crippen LogP contribution in [0.15, 0.2) is 40.9 Å². The molecule has 0 aromatic heterocycles. The molecule has 0 bridgehead atoms. The molecule has 2 aromatic carbocycles. The molecular formula is C13H9BrClFN2O. The SMILES string of the molecule is N=C(N)c1ccc(Oc2ccc(F)c(Br)c2)c(Cl)c1. The van der Waals surface area contributed by atoms with Crippen LogP contribution < -0.4 is 10.5 Å². The zero-order chi connectivity index (χ0) is 14.0. The van der Waals surface area contributed by atoms with Crippen LogP contribution in [0.1, 0.15) is 5.56 Å². The number of nitrogens with two attached hydrogens (primary N) is 1. The Morgan fingerprint density at radius 1 is 1.26 bits per heavy atom. The van der Waals surface area contributed by atoms with Gasteiger partial charge in [-0.25, -0.2) is 4.39 Å². The second-order valence-corrected chi connectivity index (χ2v) is 5.00. The average molecular weight is 344 g/mol. The van der Waals surface area contributed by atoms with E-state index in [1.165, 1.54) is 24.3 Å². The van der Waals surface area contributed by atoms with Gasteiger partial charge in [-0.2, -0.15) is 0 Å². The summed E-state index contributed by atoms with van der Waals surface area (Å²) in [6.07, 6.45) is 0. The summed E-state index contributed by atoms with van der Waals surface area (Å²) in [5, 5.41) is 7.63. The standard InChI is InChI=1S/C13H9BrClFN2O/c14-9-6-8(2-3-11(9)16)19-12-4-1-7(13(17)18)5-10(12)15/h1-6H,(H3,17,18). The quantitative estimate of drug-likeness (QED) is 0.644. The molecule has 0 unspecified atom stereocenters. The van der Waals surface area contributed by atoms with Crippen LogP contribution in [-0.4, -0.2) is 5.84 Å². The Morgan fingerprint density at radius 2 is 2.00 bits per heavy atom. The third-order valence-electron chi connectivity index (χ3n) is 2.36. The van der Waals surface area contributed by atoms with Gasteiger partial charge in [0.15, 0.2) is 0 Å². The molecule has 0 aliphatic carbocycles. The number of nitrogens with one attached hydrogen (secondary N) is 1. The van der Waals surface area contributed by atoms with Crippen molar-refractivity contribution in [3.63, 3.8) is 0 Å². The van der Waals surface area contributed by atoms with Crippen molar-refractivity contribution >= 4 is 33.4 Å². The van der Waals surface area contributed by atoms with E-state index in [2.05, 4.69) is 15.9 Å². The van der Waals surface area contributed by atoms with E-state index in [4.69, 9.17) is 27.5 Å². The number of ether oxygens (including phenoxy) is 1. The summed E-state index contributed by atoms with van der Waals surface area (Å²) in [5.74, 6) is 0.416. The van der Waals surface area contributed by atoms with Gasteiger partial charge in [-0.15, -0.1) is 0 Å². The molecule has 0 radical (unpaired) electrons. The minimum absolute atomic E-state index is 0.0713. The Kier molecular flexibility index (Phi) is 4.07. The molecule has 0 fully saturated rings. The van der Waals surface area contributed by atoms with E-state index in [9.17, 15) is 4.39 Å². The van der Waals surface area contributed by atoms with Crippen LogP contribution in [0.3, 0.4) is 0 Å². The van der Waals surface area contributed by atoms with Crippen molar-refractivity contribution in [3.05, 3.63) is 57.3 Å². The molecule has 3 nitrogen and oxygen atoms in total. The highest BCUT2D eigenvalue weighted by atomic mass is 79.9. The fraction of sp³-hybridized carbons (Fsp3) is 0. The first-order valence-electron chi connectivity index (χ1n) is 5.24.